The van der Waals surface area contributed by atoms with Gasteiger partial charge in [-0.2, -0.15) is 4.72 Å². The van der Waals surface area contributed by atoms with Crippen LogP contribution in [0, 0.1) is 0 Å². The number of amides is 1. The zero-order valence-corrected chi connectivity index (χ0v) is 21.9. The largest absolute Gasteiger partial charge is 0.481 e. The number of carbonyl (C=O) groups is 2. The first-order valence-corrected chi connectivity index (χ1v) is 14.3. The third kappa shape index (κ3) is 7.68. The van der Waals surface area contributed by atoms with E-state index in [-0.39, 0.29) is 4.90 Å². The Kier molecular flexibility index (Phi) is 9.19. The number of anilines is 1. The molecule has 2 aliphatic rings. The van der Waals surface area contributed by atoms with Gasteiger partial charge in [-0.1, -0.05) is 18.2 Å². The van der Waals surface area contributed by atoms with Crippen molar-refractivity contribution in [3.63, 3.8) is 0 Å². The molecule has 0 spiro atoms. The van der Waals surface area contributed by atoms with Crippen LogP contribution in [0.2, 0.25) is 0 Å². The molecule has 38 heavy (non-hydrogen) atoms. The molecule has 2 heterocycles. The van der Waals surface area contributed by atoms with Crippen LogP contribution in [0.5, 0.6) is 0 Å². The van der Waals surface area contributed by atoms with E-state index in [0.717, 1.165) is 63.5 Å². The summed E-state index contributed by atoms with van der Waals surface area (Å²) in [6, 6.07) is 14.9. The minimum Gasteiger partial charge on any atom is -0.481 e. The van der Waals surface area contributed by atoms with E-state index < -0.39 is 34.5 Å². The van der Waals surface area contributed by atoms with Gasteiger partial charge in [0, 0.05) is 43.5 Å². The number of nitrogens with one attached hydrogen (secondary N) is 4. The summed E-state index contributed by atoms with van der Waals surface area (Å²) in [5, 5.41) is 18.6. The van der Waals surface area contributed by atoms with Crippen molar-refractivity contribution in [3.8, 4) is 0 Å². The molecule has 0 aliphatic carbocycles. The molecule has 11 nitrogen and oxygen atoms in total. The van der Waals surface area contributed by atoms with E-state index in [4.69, 9.17) is 0 Å². The Hall–Kier alpha value is -3.64. The number of sulfonamides is 1. The summed E-state index contributed by atoms with van der Waals surface area (Å²) in [5.74, 6) is -0.928. The summed E-state index contributed by atoms with van der Waals surface area (Å²) >= 11 is 0. The smallest absolute Gasteiger partial charge is 0.306 e. The lowest BCUT2D eigenvalue weighted by atomic mass is 10.0. The first-order chi connectivity index (χ1) is 18.3. The molecule has 5 N–H and O–H groups in total. The maximum atomic E-state index is 12.8. The number of nitrogens with zero attached hydrogens (tertiary/aromatic N) is 2. The van der Waals surface area contributed by atoms with Gasteiger partial charge in [-0.25, -0.2) is 8.42 Å². The Morgan fingerprint density at radius 3 is 2.45 bits per heavy atom. The third-order valence-electron chi connectivity index (χ3n) is 6.51. The lowest BCUT2D eigenvalue weighted by Gasteiger charge is -2.34. The molecule has 0 bridgehead atoms. The molecule has 1 fully saturated rings. The van der Waals surface area contributed by atoms with Crippen molar-refractivity contribution in [2.75, 3.05) is 31.1 Å². The van der Waals surface area contributed by atoms with Gasteiger partial charge in [-0.15, -0.1) is 0 Å². The molecular formula is C26H34N6O5S. The number of carboxylic acids is 1. The number of guanidine groups is 1. The predicted molar refractivity (Wildman–Crippen MR) is 145 cm³/mol. The van der Waals surface area contributed by atoms with Crippen LogP contribution >= 0.6 is 0 Å². The van der Waals surface area contributed by atoms with E-state index in [1.807, 2.05) is 12.1 Å². The van der Waals surface area contributed by atoms with Crippen molar-refractivity contribution in [2.24, 2.45) is 4.99 Å². The van der Waals surface area contributed by atoms with Gasteiger partial charge < -0.3 is 26.0 Å². The van der Waals surface area contributed by atoms with E-state index in [0.29, 0.717) is 11.6 Å². The summed E-state index contributed by atoms with van der Waals surface area (Å²) in [6.45, 7) is 3.52. The summed E-state index contributed by atoms with van der Waals surface area (Å²) in [7, 11) is -4.02. The standard InChI is InChI=1S/C26H34N6O5S/c33-24(34)18-23(31-38(36,37)22-6-2-1-3-7-22)30-25(35)19-8-10-21(11-9-19)32-16-12-20(13-17-32)29-26-27-14-4-5-15-28-26/h1-3,6-11,20,23,31H,4-5,12-18H2,(H,30,35)(H,33,34)(H2,27,28,29). The molecule has 1 amide bonds. The average molecular weight is 543 g/mol. The molecule has 12 heteroatoms. The highest BCUT2D eigenvalue weighted by atomic mass is 32.2. The molecule has 2 aromatic rings. The van der Waals surface area contributed by atoms with E-state index >= 15 is 0 Å². The zero-order valence-electron chi connectivity index (χ0n) is 21.1. The Balaban J connectivity index is 1.32. The van der Waals surface area contributed by atoms with Gasteiger partial charge in [-0.05, 0) is 62.1 Å². The SMILES string of the molecule is O=C(O)CC(NC(=O)c1ccc(N2CCC(NC3=NCCCCN3)CC2)cc1)NS(=O)(=O)c1ccccc1. The fourth-order valence-electron chi connectivity index (χ4n) is 4.48. The molecule has 1 saturated heterocycles. The summed E-state index contributed by atoms with van der Waals surface area (Å²) in [4.78, 5) is 30.9. The lowest BCUT2D eigenvalue weighted by Crippen LogP contribution is -2.49. The van der Waals surface area contributed by atoms with Crippen molar-refractivity contribution in [2.45, 2.75) is 49.2 Å². The van der Waals surface area contributed by atoms with Crippen LogP contribution < -0.4 is 25.6 Å². The minimum atomic E-state index is -4.02. The van der Waals surface area contributed by atoms with Crippen LogP contribution in [-0.4, -0.2) is 69.7 Å². The minimum absolute atomic E-state index is 0.0218. The van der Waals surface area contributed by atoms with Gasteiger partial charge in [0.1, 0.15) is 6.17 Å². The summed E-state index contributed by atoms with van der Waals surface area (Å²) in [5.41, 5.74) is 1.29. The van der Waals surface area contributed by atoms with Gasteiger partial charge in [-0.3, -0.25) is 14.6 Å². The molecule has 4 rings (SSSR count). The molecule has 0 aromatic heterocycles. The second kappa shape index (κ2) is 12.7. The van der Waals surface area contributed by atoms with E-state index in [2.05, 4.69) is 30.6 Å². The van der Waals surface area contributed by atoms with Crippen LogP contribution in [0.1, 0.15) is 42.5 Å². The van der Waals surface area contributed by atoms with E-state index in [1.54, 1.807) is 30.3 Å². The topological polar surface area (TPSA) is 152 Å². The number of aliphatic imine (C=N–C) groups is 1. The van der Waals surface area contributed by atoms with Gasteiger partial charge in [0.25, 0.3) is 5.91 Å². The van der Waals surface area contributed by atoms with Crippen molar-refractivity contribution in [1.82, 2.24) is 20.7 Å². The van der Waals surface area contributed by atoms with Gasteiger partial charge in [0.2, 0.25) is 10.0 Å². The van der Waals surface area contributed by atoms with Crippen LogP contribution in [0.4, 0.5) is 5.69 Å². The normalized spacial score (nSPS) is 17.5. The highest BCUT2D eigenvalue weighted by Crippen LogP contribution is 2.21. The van der Waals surface area contributed by atoms with Crippen molar-refractivity contribution < 1.29 is 23.1 Å². The molecule has 1 atom stereocenters. The predicted octanol–water partition coefficient (Wildman–Crippen LogP) is 1.49. The second-order valence-corrected chi connectivity index (χ2v) is 11.1. The molecule has 2 aliphatic heterocycles. The Morgan fingerprint density at radius 2 is 1.76 bits per heavy atom. The van der Waals surface area contributed by atoms with Crippen LogP contribution in [0.25, 0.3) is 0 Å². The van der Waals surface area contributed by atoms with Gasteiger partial charge in [0.05, 0.1) is 11.3 Å². The third-order valence-corrected chi connectivity index (χ3v) is 8.00. The number of aliphatic carboxylic acids is 1. The number of carbonyl (C=O) groups excluding carboxylic acids is 1. The Bertz CT molecular complexity index is 1230. The fourth-order valence-corrected chi connectivity index (χ4v) is 5.65. The highest BCUT2D eigenvalue weighted by Gasteiger charge is 2.25. The van der Waals surface area contributed by atoms with Crippen molar-refractivity contribution in [3.05, 3.63) is 60.2 Å². The Labute approximate surface area is 222 Å². The number of benzene rings is 2. The van der Waals surface area contributed by atoms with Crippen LogP contribution in [0.3, 0.4) is 0 Å². The second-order valence-electron chi connectivity index (χ2n) is 9.37. The molecule has 1 unspecified atom stereocenters. The van der Waals surface area contributed by atoms with Crippen molar-refractivity contribution >= 4 is 33.5 Å². The molecular weight excluding hydrogens is 508 g/mol. The van der Waals surface area contributed by atoms with E-state index in [9.17, 15) is 23.1 Å². The first kappa shape index (κ1) is 27.4. The van der Waals surface area contributed by atoms with Crippen molar-refractivity contribution in [1.29, 1.82) is 0 Å². The maximum absolute atomic E-state index is 12.8. The van der Waals surface area contributed by atoms with Crippen LogP contribution in [0.15, 0.2) is 64.5 Å². The molecule has 204 valence electrons. The monoisotopic (exact) mass is 542 g/mol. The van der Waals surface area contributed by atoms with Gasteiger partial charge >= 0.3 is 5.97 Å². The zero-order chi connectivity index (χ0) is 27.0. The van der Waals surface area contributed by atoms with Crippen LogP contribution in [-0.2, 0) is 14.8 Å². The summed E-state index contributed by atoms with van der Waals surface area (Å²) in [6.07, 6.45) is 2.23. The molecule has 2 aromatic carbocycles. The quantitative estimate of drug-likeness (QED) is 0.299. The number of rotatable bonds is 9. The first-order valence-electron chi connectivity index (χ1n) is 12.8. The summed E-state index contributed by atoms with van der Waals surface area (Å²) < 4.78 is 27.5. The fraction of sp³-hybridized carbons (Fsp3) is 0.423. The number of carboxylic acid groups (broad SMARTS) is 1. The number of hydrogen-bond donors (Lipinski definition) is 5. The maximum Gasteiger partial charge on any atom is 0.306 e. The Morgan fingerprint density at radius 1 is 1.05 bits per heavy atom. The number of piperidine rings is 1. The van der Waals surface area contributed by atoms with Gasteiger partial charge in [0.15, 0.2) is 5.96 Å². The molecule has 0 saturated carbocycles. The average Bonchev–Trinajstić information content (AvgIpc) is 3.18. The highest BCUT2D eigenvalue weighted by molar-refractivity contribution is 7.89. The lowest BCUT2D eigenvalue weighted by molar-refractivity contribution is -0.137. The van der Waals surface area contributed by atoms with E-state index in [1.165, 1.54) is 12.1 Å². The molecule has 0 radical (unpaired) electrons. The number of hydrogen-bond acceptors (Lipinski definition) is 8.